The van der Waals surface area contributed by atoms with E-state index in [2.05, 4.69) is 31.0 Å². The van der Waals surface area contributed by atoms with Gasteiger partial charge in [0.1, 0.15) is 6.04 Å². The predicted octanol–water partition coefficient (Wildman–Crippen LogP) is 3.33. The maximum atomic E-state index is 12.9. The molecular formula is C18H26N2O. The van der Waals surface area contributed by atoms with Crippen LogP contribution in [0.1, 0.15) is 51.6 Å². The summed E-state index contributed by atoms with van der Waals surface area (Å²) in [5.41, 5.74) is 1.08. The Bertz CT molecular complexity index is 495. The van der Waals surface area contributed by atoms with Crippen molar-refractivity contribution in [2.45, 2.75) is 58.3 Å². The van der Waals surface area contributed by atoms with Crippen LogP contribution in [0.5, 0.6) is 0 Å². The third-order valence-electron chi connectivity index (χ3n) is 4.75. The van der Waals surface area contributed by atoms with Gasteiger partial charge >= 0.3 is 0 Å². The number of carbonyl (C=O) groups excluding carboxylic acids is 1. The highest BCUT2D eigenvalue weighted by atomic mass is 16.2. The second-order valence-electron chi connectivity index (χ2n) is 6.97. The van der Waals surface area contributed by atoms with Gasteiger partial charge in [0.05, 0.1) is 6.17 Å². The summed E-state index contributed by atoms with van der Waals surface area (Å²) < 4.78 is 0. The van der Waals surface area contributed by atoms with Crippen LogP contribution in [0.25, 0.3) is 0 Å². The van der Waals surface area contributed by atoms with Gasteiger partial charge in [0.25, 0.3) is 0 Å². The van der Waals surface area contributed by atoms with Crippen LogP contribution < -0.4 is 5.32 Å². The van der Waals surface area contributed by atoms with E-state index in [-0.39, 0.29) is 18.1 Å². The molecule has 1 saturated carbocycles. The van der Waals surface area contributed by atoms with E-state index in [1.165, 1.54) is 12.8 Å². The quantitative estimate of drug-likeness (QED) is 0.900. The summed E-state index contributed by atoms with van der Waals surface area (Å²) in [6.45, 7) is 6.59. The molecule has 1 aromatic carbocycles. The predicted molar refractivity (Wildman–Crippen MR) is 84.6 cm³/mol. The Kier molecular flexibility index (Phi) is 4.03. The van der Waals surface area contributed by atoms with Gasteiger partial charge in [-0.3, -0.25) is 10.1 Å². The Morgan fingerprint density at radius 3 is 2.43 bits per heavy atom. The van der Waals surface area contributed by atoms with Crippen molar-refractivity contribution in [1.29, 1.82) is 0 Å². The van der Waals surface area contributed by atoms with E-state index in [1.54, 1.807) is 0 Å². The van der Waals surface area contributed by atoms with E-state index in [0.29, 0.717) is 12.0 Å². The van der Waals surface area contributed by atoms with E-state index >= 15 is 0 Å². The molecule has 1 heterocycles. The number of hydrogen-bond acceptors (Lipinski definition) is 2. The number of carbonyl (C=O) groups is 1. The maximum absolute atomic E-state index is 12.9. The largest absolute Gasteiger partial charge is 0.323 e. The molecule has 2 aliphatic rings. The molecule has 1 N–H and O–H groups in total. The van der Waals surface area contributed by atoms with Crippen molar-refractivity contribution in [2.24, 2.45) is 11.8 Å². The summed E-state index contributed by atoms with van der Waals surface area (Å²) in [7, 11) is 0. The molecule has 1 aliphatic heterocycles. The van der Waals surface area contributed by atoms with Crippen LogP contribution in [0.4, 0.5) is 0 Å². The summed E-state index contributed by atoms with van der Waals surface area (Å²) >= 11 is 0. The first kappa shape index (κ1) is 14.6. The van der Waals surface area contributed by atoms with Gasteiger partial charge in [-0.15, -0.1) is 0 Å². The van der Waals surface area contributed by atoms with E-state index in [9.17, 15) is 4.79 Å². The summed E-state index contributed by atoms with van der Waals surface area (Å²) in [6, 6.07) is 10.2. The normalized spacial score (nSPS) is 27.4. The standard InChI is InChI=1S/C18H26N2O/c1-12(2)17-19-16(15-7-5-4-6-8-15)18(21)20(17)13(3)11-14-9-10-14/h4-8,12-14,16-17,19H,9-11H2,1-3H3. The Labute approximate surface area is 127 Å². The summed E-state index contributed by atoms with van der Waals surface area (Å²) in [5, 5.41) is 3.56. The van der Waals surface area contributed by atoms with Crippen LogP contribution in [-0.2, 0) is 4.79 Å². The molecular weight excluding hydrogens is 260 g/mol. The topological polar surface area (TPSA) is 32.3 Å². The van der Waals surface area contributed by atoms with E-state index in [0.717, 1.165) is 17.9 Å². The molecule has 21 heavy (non-hydrogen) atoms. The van der Waals surface area contributed by atoms with E-state index < -0.39 is 0 Å². The average Bonchev–Trinajstić information content (AvgIpc) is 3.20. The molecule has 0 aromatic heterocycles. The van der Waals surface area contributed by atoms with Crippen LogP contribution in [0.3, 0.4) is 0 Å². The molecule has 3 unspecified atom stereocenters. The van der Waals surface area contributed by atoms with Gasteiger partial charge in [-0.2, -0.15) is 0 Å². The molecule has 2 fully saturated rings. The van der Waals surface area contributed by atoms with Crippen LogP contribution in [0, 0.1) is 11.8 Å². The lowest BCUT2D eigenvalue weighted by Gasteiger charge is -2.32. The lowest BCUT2D eigenvalue weighted by Crippen LogP contribution is -2.46. The zero-order valence-corrected chi connectivity index (χ0v) is 13.3. The van der Waals surface area contributed by atoms with Gasteiger partial charge in [-0.1, -0.05) is 57.0 Å². The first-order chi connectivity index (χ1) is 10.1. The third-order valence-corrected chi connectivity index (χ3v) is 4.75. The van der Waals surface area contributed by atoms with Crippen molar-refractivity contribution in [3.05, 3.63) is 35.9 Å². The zero-order chi connectivity index (χ0) is 15.0. The minimum Gasteiger partial charge on any atom is -0.323 e. The van der Waals surface area contributed by atoms with Gasteiger partial charge in [0, 0.05) is 6.04 Å². The highest BCUT2D eigenvalue weighted by molar-refractivity contribution is 5.86. The van der Waals surface area contributed by atoms with Crippen molar-refractivity contribution in [1.82, 2.24) is 10.2 Å². The molecule has 1 saturated heterocycles. The van der Waals surface area contributed by atoms with Crippen molar-refractivity contribution in [2.75, 3.05) is 0 Å². The third kappa shape index (κ3) is 2.98. The van der Waals surface area contributed by atoms with Crippen molar-refractivity contribution in [3.63, 3.8) is 0 Å². The Morgan fingerprint density at radius 2 is 1.86 bits per heavy atom. The second-order valence-corrected chi connectivity index (χ2v) is 6.97. The zero-order valence-electron chi connectivity index (χ0n) is 13.3. The minimum absolute atomic E-state index is 0.149. The lowest BCUT2D eigenvalue weighted by molar-refractivity contribution is -0.132. The number of rotatable bonds is 5. The molecule has 0 radical (unpaired) electrons. The van der Waals surface area contributed by atoms with Crippen molar-refractivity contribution < 1.29 is 4.79 Å². The Morgan fingerprint density at radius 1 is 1.19 bits per heavy atom. The molecule has 0 spiro atoms. The van der Waals surface area contributed by atoms with Gasteiger partial charge in [-0.25, -0.2) is 0 Å². The molecule has 1 aromatic rings. The van der Waals surface area contributed by atoms with Crippen LogP contribution >= 0.6 is 0 Å². The van der Waals surface area contributed by atoms with Gasteiger partial charge < -0.3 is 4.90 Å². The fourth-order valence-electron chi connectivity index (χ4n) is 3.45. The fourth-order valence-corrected chi connectivity index (χ4v) is 3.45. The van der Waals surface area contributed by atoms with E-state index in [1.807, 2.05) is 30.3 Å². The second kappa shape index (κ2) is 5.80. The highest BCUT2D eigenvalue weighted by Gasteiger charge is 2.43. The molecule has 1 aliphatic carbocycles. The van der Waals surface area contributed by atoms with E-state index in [4.69, 9.17) is 0 Å². The lowest BCUT2D eigenvalue weighted by atomic mass is 10.1. The molecule has 3 nitrogen and oxygen atoms in total. The molecule has 114 valence electrons. The van der Waals surface area contributed by atoms with Gasteiger partial charge in [0.2, 0.25) is 5.91 Å². The summed E-state index contributed by atoms with van der Waals surface area (Å²) in [4.78, 5) is 15.0. The number of amides is 1. The van der Waals surface area contributed by atoms with Crippen LogP contribution in [-0.4, -0.2) is 23.0 Å². The van der Waals surface area contributed by atoms with Crippen molar-refractivity contribution >= 4 is 5.91 Å². The van der Waals surface area contributed by atoms with Crippen LogP contribution in [0.15, 0.2) is 30.3 Å². The van der Waals surface area contributed by atoms with Gasteiger partial charge in [-0.05, 0) is 30.7 Å². The Balaban J connectivity index is 1.81. The fraction of sp³-hybridized carbons (Fsp3) is 0.611. The molecule has 0 bridgehead atoms. The first-order valence-corrected chi connectivity index (χ1v) is 8.21. The minimum atomic E-state index is -0.180. The van der Waals surface area contributed by atoms with Crippen LogP contribution in [0.2, 0.25) is 0 Å². The molecule has 1 amide bonds. The monoisotopic (exact) mass is 286 g/mol. The average molecular weight is 286 g/mol. The number of benzene rings is 1. The van der Waals surface area contributed by atoms with Crippen molar-refractivity contribution in [3.8, 4) is 0 Å². The summed E-state index contributed by atoms with van der Waals surface area (Å²) in [6.07, 6.45) is 3.98. The maximum Gasteiger partial charge on any atom is 0.245 e. The number of hydrogen-bond donors (Lipinski definition) is 1. The van der Waals surface area contributed by atoms with Gasteiger partial charge in [0.15, 0.2) is 0 Å². The molecule has 3 rings (SSSR count). The Hall–Kier alpha value is -1.35. The smallest absolute Gasteiger partial charge is 0.245 e. The molecule has 3 heteroatoms. The number of nitrogens with zero attached hydrogens (tertiary/aromatic N) is 1. The highest BCUT2D eigenvalue weighted by Crippen LogP contribution is 2.37. The molecule has 3 atom stereocenters. The SMILES string of the molecule is CC(C)C1NC(c2ccccc2)C(=O)N1C(C)CC1CC1. The number of nitrogens with one attached hydrogen (secondary N) is 1. The first-order valence-electron chi connectivity index (χ1n) is 8.21. The summed E-state index contributed by atoms with van der Waals surface area (Å²) in [5.74, 6) is 1.51.